The zero-order valence-corrected chi connectivity index (χ0v) is 14.2. The van der Waals surface area contributed by atoms with E-state index in [1.165, 1.54) is 7.11 Å². The number of rotatable bonds is 4. The van der Waals surface area contributed by atoms with Gasteiger partial charge in [0.25, 0.3) is 5.91 Å². The molecule has 23 heavy (non-hydrogen) atoms. The SMILES string of the molecule is CNC(=O)CC1CCN(C(=O)c2cc(Cl)c(N)cc2OC)CC1. The molecule has 1 heterocycles. The lowest BCUT2D eigenvalue weighted by molar-refractivity contribution is -0.121. The van der Waals surface area contributed by atoms with Crippen LogP contribution >= 0.6 is 11.6 Å². The number of ether oxygens (including phenoxy) is 1. The second kappa shape index (κ2) is 7.55. The van der Waals surface area contributed by atoms with Gasteiger partial charge >= 0.3 is 0 Å². The van der Waals surface area contributed by atoms with Gasteiger partial charge in [-0.25, -0.2) is 0 Å². The number of nitrogens with two attached hydrogens (primary N) is 1. The van der Waals surface area contributed by atoms with Crippen molar-refractivity contribution < 1.29 is 14.3 Å². The standard InChI is InChI=1S/C16H22ClN3O3/c1-19-15(21)7-10-3-5-20(6-4-10)16(22)11-8-12(17)13(18)9-14(11)23-2/h8-10H,3-7,18H2,1-2H3,(H,19,21). The molecule has 0 aliphatic carbocycles. The van der Waals surface area contributed by atoms with Crippen molar-refractivity contribution in [3.05, 3.63) is 22.7 Å². The Morgan fingerprint density at radius 3 is 2.61 bits per heavy atom. The molecule has 0 atom stereocenters. The molecule has 0 saturated carbocycles. The zero-order valence-electron chi connectivity index (χ0n) is 13.4. The van der Waals surface area contributed by atoms with Crippen molar-refractivity contribution in [1.29, 1.82) is 0 Å². The van der Waals surface area contributed by atoms with Gasteiger partial charge < -0.3 is 20.7 Å². The van der Waals surface area contributed by atoms with E-state index in [0.717, 1.165) is 12.8 Å². The fourth-order valence-corrected chi connectivity index (χ4v) is 2.94. The van der Waals surface area contributed by atoms with Crippen LogP contribution in [0.1, 0.15) is 29.6 Å². The van der Waals surface area contributed by atoms with E-state index in [1.807, 2.05) is 0 Å². The van der Waals surface area contributed by atoms with Crippen LogP contribution in [-0.2, 0) is 4.79 Å². The Morgan fingerprint density at radius 2 is 2.04 bits per heavy atom. The Morgan fingerprint density at radius 1 is 1.39 bits per heavy atom. The van der Waals surface area contributed by atoms with E-state index in [9.17, 15) is 9.59 Å². The molecule has 0 bridgehead atoms. The maximum Gasteiger partial charge on any atom is 0.257 e. The van der Waals surface area contributed by atoms with Crippen molar-refractivity contribution in [3.63, 3.8) is 0 Å². The number of likely N-dealkylation sites (tertiary alicyclic amines) is 1. The van der Waals surface area contributed by atoms with Crippen LogP contribution < -0.4 is 15.8 Å². The third kappa shape index (κ3) is 4.07. The molecule has 7 heteroatoms. The van der Waals surface area contributed by atoms with Gasteiger partial charge in [-0.1, -0.05) is 11.6 Å². The number of hydrogen-bond donors (Lipinski definition) is 2. The number of methoxy groups -OCH3 is 1. The van der Waals surface area contributed by atoms with Crippen molar-refractivity contribution in [2.45, 2.75) is 19.3 Å². The topological polar surface area (TPSA) is 84.7 Å². The molecule has 2 amide bonds. The van der Waals surface area contributed by atoms with Crippen LogP contribution in [0.2, 0.25) is 5.02 Å². The summed E-state index contributed by atoms with van der Waals surface area (Å²) in [6.07, 6.45) is 2.13. The Kier molecular flexibility index (Phi) is 5.71. The highest BCUT2D eigenvalue weighted by Gasteiger charge is 2.27. The Hall–Kier alpha value is -1.95. The number of hydrogen-bond acceptors (Lipinski definition) is 4. The van der Waals surface area contributed by atoms with Crippen LogP contribution in [0.5, 0.6) is 5.75 Å². The molecule has 126 valence electrons. The first-order valence-corrected chi connectivity index (χ1v) is 7.97. The van der Waals surface area contributed by atoms with Gasteiger partial charge in [0.2, 0.25) is 5.91 Å². The maximum absolute atomic E-state index is 12.7. The number of piperidine rings is 1. The maximum atomic E-state index is 12.7. The molecule has 1 aliphatic heterocycles. The van der Waals surface area contributed by atoms with Crippen molar-refractivity contribution in [1.82, 2.24) is 10.2 Å². The number of carbonyl (C=O) groups excluding carboxylic acids is 2. The molecule has 1 aromatic carbocycles. The van der Waals surface area contributed by atoms with E-state index >= 15 is 0 Å². The number of nitrogen functional groups attached to an aromatic ring is 1. The highest BCUT2D eigenvalue weighted by atomic mass is 35.5. The average molecular weight is 340 g/mol. The number of amides is 2. The third-order valence-corrected chi connectivity index (χ3v) is 4.53. The van der Waals surface area contributed by atoms with Crippen molar-refractivity contribution >= 4 is 29.1 Å². The highest BCUT2D eigenvalue weighted by Crippen LogP contribution is 2.31. The van der Waals surface area contributed by atoms with Crippen molar-refractivity contribution in [2.24, 2.45) is 5.92 Å². The van der Waals surface area contributed by atoms with Crippen LogP contribution in [0.25, 0.3) is 0 Å². The quantitative estimate of drug-likeness (QED) is 0.821. The first kappa shape index (κ1) is 17.4. The predicted molar refractivity (Wildman–Crippen MR) is 89.7 cm³/mol. The second-order valence-corrected chi connectivity index (χ2v) is 6.09. The third-order valence-electron chi connectivity index (χ3n) is 4.20. The zero-order chi connectivity index (χ0) is 17.0. The molecule has 6 nitrogen and oxygen atoms in total. The van der Waals surface area contributed by atoms with Crippen molar-refractivity contribution in [3.8, 4) is 5.75 Å². The van der Waals surface area contributed by atoms with Crippen molar-refractivity contribution in [2.75, 3.05) is 33.0 Å². The van der Waals surface area contributed by atoms with E-state index < -0.39 is 0 Å². The number of halogens is 1. The lowest BCUT2D eigenvalue weighted by atomic mass is 9.93. The van der Waals surface area contributed by atoms with E-state index in [2.05, 4.69) is 5.32 Å². The minimum Gasteiger partial charge on any atom is -0.496 e. The van der Waals surface area contributed by atoms with Crippen LogP contribution in [-0.4, -0.2) is 44.0 Å². The first-order chi connectivity index (χ1) is 11.0. The molecular weight excluding hydrogens is 318 g/mol. The molecule has 0 aromatic heterocycles. The van der Waals surface area contributed by atoms with E-state index in [0.29, 0.717) is 47.5 Å². The summed E-state index contributed by atoms with van der Waals surface area (Å²) in [6.45, 7) is 1.23. The molecule has 3 N–H and O–H groups in total. The normalized spacial score (nSPS) is 15.3. The van der Waals surface area contributed by atoms with E-state index in [4.69, 9.17) is 22.1 Å². The molecule has 1 saturated heterocycles. The highest BCUT2D eigenvalue weighted by molar-refractivity contribution is 6.33. The fourth-order valence-electron chi connectivity index (χ4n) is 2.78. The molecule has 1 aliphatic rings. The summed E-state index contributed by atoms with van der Waals surface area (Å²) in [5.41, 5.74) is 6.54. The summed E-state index contributed by atoms with van der Waals surface area (Å²) in [7, 11) is 3.13. The molecule has 0 unspecified atom stereocenters. The number of anilines is 1. The number of nitrogens with one attached hydrogen (secondary N) is 1. The number of benzene rings is 1. The van der Waals surface area contributed by atoms with Crippen LogP contribution in [0.4, 0.5) is 5.69 Å². The van der Waals surface area contributed by atoms with Gasteiger partial charge in [0.05, 0.1) is 23.4 Å². The Balaban J connectivity index is 2.05. The van der Waals surface area contributed by atoms with Crippen LogP contribution in [0.3, 0.4) is 0 Å². The number of carbonyl (C=O) groups is 2. The number of nitrogens with zero attached hydrogens (tertiary/aromatic N) is 1. The lowest BCUT2D eigenvalue weighted by Gasteiger charge is -2.32. The van der Waals surface area contributed by atoms with E-state index in [1.54, 1.807) is 24.1 Å². The minimum atomic E-state index is -0.123. The summed E-state index contributed by atoms with van der Waals surface area (Å²) in [5.74, 6) is 0.657. The lowest BCUT2D eigenvalue weighted by Crippen LogP contribution is -2.39. The summed E-state index contributed by atoms with van der Waals surface area (Å²) < 4.78 is 5.24. The van der Waals surface area contributed by atoms with Gasteiger partial charge in [-0.05, 0) is 24.8 Å². The molecular formula is C16H22ClN3O3. The summed E-state index contributed by atoms with van der Waals surface area (Å²) in [6, 6.07) is 3.11. The molecule has 1 aromatic rings. The summed E-state index contributed by atoms with van der Waals surface area (Å²) >= 11 is 6.03. The molecule has 1 fully saturated rings. The van der Waals surface area contributed by atoms with Gasteiger partial charge in [0, 0.05) is 32.6 Å². The average Bonchev–Trinajstić information content (AvgIpc) is 2.56. The molecule has 0 radical (unpaired) electrons. The fraction of sp³-hybridized carbons (Fsp3) is 0.500. The minimum absolute atomic E-state index is 0.0433. The smallest absolute Gasteiger partial charge is 0.257 e. The van der Waals surface area contributed by atoms with Gasteiger partial charge in [-0.3, -0.25) is 9.59 Å². The van der Waals surface area contributed by atoms with Crippen LogP contribution in [0, 0.1) is 5.92 Å². The Bertz CT molecular complexity index is 598. The molecule has 2 rings (SSSR count). The molecule has 0 spiro atoms. The second-order valence-electron chi connectivity index (χ2n) is 5.69. The van der Waals surface area contributed by atoms with Gasteiger partial charge in [0.1, 0.15) is 5.75 Å². The van der Waals surface area contributed by atoms with Gasteiger partial charge in [-0.15, -0.1) is 0 Å². The van der Waals surface area contributed by atoms with Crippen LogP contribution in [0.15, 0.2) is 12.1 Å². The largest absolute Gasteiger partial charge is 0.496 e. The van der Waals surface area contributed by atoms with Gasteiger partial charge in [0.15, 0.2) is 0 Å². The van der Waals surface area contributed by atoms with E-state index in [-0.39, 0.29) is 11.8 Å². The summed E-state index contributed by atoms with van der Waals surface area (Å²) in [5, 5.41) is 2.97. The first-order valence-electron chi connectivity index (χ1n) is 7.59. The monoisotopic (exact) mass is 339 g/mol. The van der Waals surface area contributed by atoms with Gasteiger partial charge in [-0.2, -0.15) is 0 Å². The predicted octanol–water partition coefficient (Wildman–Crippen LogP) is 1.92. The Labute approximate surface area is 140 Å². The summed E-state index contributed by atoms with van der Waals surface area (Å²) in [4.78, 5) is 25.9.